The third-order valence-electron chi connectivity index (χ3n) is 12.9. The predicted molar refractivity (Wildman–Crippen MR) is 254 cm³/mol. The molecule has 1 N–H and O–H groups in total. The van der Waals surface area contributed by atoms with Gasteiger partial charge in [-0.2, -0.15) is 9.98 Å². The van der Waals surface area contributed by atoms with Crippen LogP contribution in [0.15, 0.2) is 193 Å². The monoisotopic (exact) mass is 794 g/mol. The standard InChI is InChI=1S/C54H34N8/c1-3-15-34(16-4-1)59-44-23-11-9-21-38(44)42-30-49-43(29-48(42)59)39-22-10-13-25-46(39)61(49)53-55-31-33-32-56-54(58-52(33)57-53)62-47-26-14-8-20-37(47)41-28-27-40-36-19-7-12-24-45(36)60(50(40)51(41)62)35-17-5-2-6-18-35/h1-30,32H,31H2,(H,55,56,57,58). The largest absolute Gasteiger partial charge is 0.351 e. The van der Waals surface area contributed by atoms with Gasteiger partial charge in [0.15, 0.2) is 5.82 Å². The van der Waals surface area contributed by atoms with E-state index in [2.05, 4.69) is 206 Å². The summed E-state index contributed by atoms with van der Waals surface area (Å²) in [7, 11) is 0. The van der Waals surface area contributed by atoms with Gasteiger partial charge in [-0.05, 0) is 60.7 Å². The van der Waals surface area contributed by atoms with Gasteiger partial charge >= 0.3 is 0 Å². The van der Waals surface area contributed by atoms with Crippen molar-refractivity contribution in [3.8, 4) is 17.3 Å². The lowest BCUT2D eigenvalue weighted by Gasteiger charge is -2.20. The van der Waals surface area contributed by atoms with Crippen LogP contribution >= 0.6 is 0 Å². The van der Waals surface area contributed by atoms with Crippen LogP contribution in [0.5, 0.6) is 0 Å². The number of aliphatic imine (C=N–C) groups is 1. The highest BCUT2D eigenvalue weighted by molar-refractivity contribution is 6.24. The van der Waals surface area contributed by atoms with E-state index in [4.69, 9.17) is 15.0 Å². The van der Waals surface area contributed by atoms with Crippen molar-refractivity contribution < 1.29 is 0 Å². The zero-order chi connectivity index (χ0) is 40.5. The molecule has 62 heavy (non-hydrogen) atoms. The Morgan fingerprint density at radius 1 is 0.387 bits per heavy atom. The smallest absolute Gasteiger partial charge is 0.236 e. The molecule has 0 atom stereocenters. The number of fused-ring (bicyclic) bond motifs is 14. The second kappa shape index (κ2) is 12.5. The van der Waals surface area contributed by atoms with Crippen molar-refractivity contribution in [3.05, 3.63) is 194 Å². The molecule has 6 heterocycles. The number of hydrogen-bond acceptors (Lipinski definition) is 4. The highest BCUT2D eigenvalue weighted by Crippen LogP contribution is 2.42. The fourth-order valence-corrected chi connectivity index (χ4v) is 10.2. The van der Waals surface area contributed by atoms with Gasteiger partial charge in [-0.25, -0.2) is 4.98 Å². The first-order valence-corrected chi connectivity index (χ1v) is 21.0. The molecule has 0 saturated carbocycles. The molecule has 8 nitrogen and oxygen atoms in total. The van der Waals surface area contributed by atoms with E-state index in [1.54, 1.807) is 0 Å². The van der Waals surface area contributed by atoms with Crippen LogP contribution in [0, 0.1) is 0 Å². The van der Waals surface area contributed by atoms with E-state index in [9.17, 15) is 0 Å². The highest BCUT2D eigenvalue weighted by atomic mass is 15.3. The van der Waals surface area contributed by atoms with Crippen LogP contribution in [0.25, 0.3) is 105 Å². The van der Waals surface area contributed by atoms with Crippen molar-refractivity contribution in [3.63, 3.8) is 0 Å². The molecule has 14 rings (SSSR count). The lowest BCUT2D eigenvalue weighted by Crippen LogP contribution is -2.32. The van der Waals surface area contributed by atoms with Crippen molar-refractivity contribution in [2.24, 2.45) is 4.99 Å². The van der Waals surface area contributed by atoms with Crippen LogP contribution in [-0.2, 0) is 6.54 Å². The van der Waals surface area contributed by atoms with Crippen LogP contribution in [-0.4, -0.2) is 34.2 Å². The molecule has 0 fully saturated rings. The molecule has 290 valence electrons. The van der Waals surface area contributed by atoms with E-state index in [0.717, 1.165) is 77.5 Å². The quantitative estimate of drug-likeness (QED) is 0.194. The predicted octanol–water partition coefficient (Wildman–Crippen LogP) is 12.5. The molecule has 0 bridgehead atoms. The minimum absolute atomic E-state index is 0.539. The highest BCUT2D eigenvalue weighted by Gasteiger charge is 2.25. The van der Waals surface area contributed by atoms with Crippen LogP contribution in [0.4, 0.5) is 5.82 Å². The third-order valence-corrected chi connectivity index (χ3v) is 12.9. The van der Waals surface area contributed by atoms with Crippen LogP contribution < -0.4 is 5.32 Å². The van der Waals surface area contributed by atoms with Gasteiger partial charge in [0, 0.05) is 72.8 Å². The summed E-state index contributed by atoms with van der Waals surface area (Å²) >= 11 is 0. The first-order valence-electron chi connectivity index (χ1n) is 21.0. The van der Waals surface area contributed by atoms with Crippen LogP contribution in [0.3, 0.4) is 0 Å². The Labute approximate surface area is 353 Å². The average molecular weight is 795 g/mol. The van der Waals surface area contributed by atoms with Gasteiger partial charge < -0.3 is 14.5 Å². The van der Waals surface area contributed by atoms with Gasteiger partial charge in [-0.15, -0.1) is 0 Å². The SMILES string of the molecule is c1ccc(-n2c3ccccc3c3cc4c(cc32)c2ccccc2n4C2=Nc3nc(-n4c5ccccc5c5ccc6c7ccccc7n(-c7ccccc7)c6c54)ncc3CN2)cc1. The molecule has 0 spiro atoms. The van der Waals surface area contributed by atoms with Crippen LogP contribution in [0.1, 0.15) is 5.56 Å². The Bertz CT molecular complexity index is 4030. The maximum atomic E-state index is 5.37. The zero-order valence-corrected chi connectivity index (χ0v) is 33.2. The van der Waals surface area contributed by atoms with Crippen molar-refractivity contribution in [1.82, 2.24) is 33.6 Å². The van der Waals surface area contributed by atoms with E-state index in [1.165, 1.54) is 32.6 Å². The lowest BCUT2D eigenvalue weighted by molar-refractivity contribution is 0.828. The molecule has 8 heteroatoms. The van der Waals surface area contributed by atoms with Gasteiger partial charge in [0.2, 0.25) is 11.9 Å². The lowest BCUT2D eigenvalue weighted by atomic mass is 10.1. The fraction of sp³-hybridized carbons (Fsp3) is 0.0185. The van der Waals surface area contributed by atoms with Crippen molar-refractivity contribution in [2.75, 3.05) is 0 Å². The molecule has 8 aromatic carbocycles. The van der Waals surface area contributed by atoms with Gasteiger partial charge in [0.1, 0.15) is 0 Å². The molecule has 5 aromatic heterocycles. The Kier molecular flexibility index (Phi) is 6.73. The number of benzene rings is 8. The van der Waals surface area contributed by atoms with E-state index in [0.29, 0.717) is 18.3 Å². The number of hydrogen-bond donors (Lipinski definition) is 1. The number of rotatable bonds is 3. The maximum absolute atomic E-state index is 5.37. The summed E-state index contributed by atoms with van der Waals surface area (Å²) in [6, 6.07) is 65.0. The number of para-hydroxylation sites is 6. The summed E-state index contributed by atoms with van der Waals surface area (Å²) in [6.45, 7) is 0.539. The Morgan fingerprint density at radius 2 is 0.839 bits per heavy atom. The summed E-state index contributed by atoms with van der Waals surface area (Å²) in [6.07, 6.45) is 1.94. The molecule has 1 aliphatic rings. The molecular weight excluding hydrogens is 761 g/mol. The Hall–Kier alpha value is -8.49. The van der Waals surface area contributed by atoms with E-state index < -0.39 is 0 Å². The summed E-state index contributed by atoms with van der Waals surface area (Å²) in [5, 5.41) is 13.1. The minimum Gasteiger partial charge on any atom is -0.351 e. The molecule has 0 saturated heterocycles. The first kappa shape index (κ1) is 33.4. The second-order valence-electron chi connectivity index (χ2n) is 16.1. The molecule has 0 aliphatic carbocycles. The fourth-order valence-electron chi connectivity index (χ4n) is 10.2. The van der Waals surface area contributed by atoms with Crippen LogP contribution in [0.2, 0.25) is 0 Å². The van der Waals surface area contributed by atoms with Crippen molar-refractivity contribution in [2.45, 2.75) is 6.54 Å². The molecule has 0 unspecified atom stereocenters. The normalized spacial score (nSPS) is 13.0. The Balaban J connectivity index is 1.02. The molecule has 13 aromatic rings. The summed E-state index contributed by atoms with van der Waals surface area (Å²) in [4.78, 5) is 15.8. The van der Waals surface area contributed by atoms with Crippen molar-refractivity contribution in [1.29, 1.82) is 0 Å². The first-order chi connectivity index (χ1) is 30.8. The van der Waals surface area contributed by atoms with Gasteiger partial charge in [0.25, 0.3) is 0 Å². The maximum Gasteiger partial charge on any atom is 0.236 e. The molecule has 0 amide bonds. The van der Waals surface area contributed by atoms with Gasteiger partial charge in [0.05, 0.1) is 44.1 Å². The van der Waals surface area contributed by atoms with Gasteiger partial charge in [-0.3, -0.25) is 9.13 Å². The molecular formula is C54H34N8. The van der Waals surface area contributed by atoms with Crippen molar-refractivity contribution >= 4 is 99.0 Å². The molecule has 0 radical (unpaired) electrons. The third kappa shape index (κ3) is 4.52. The Morgan fingerprint density at radius 3 is 1.44 bits per heavy atom. The summed E-state index contributed by atoms with van der Waals surface area (Å²) < 4.78 is 9.27. The van der Waals surface area contributed by atoms with E-state index >= 15 is 0 Å². The summed E-state index contributed by atoms with van der Waals surface area (Å²) in [5.74, 6) is 1.96. The minimum atomic E-state index is 0.539. The molecule has 1 aliphatic heterocycles. The topological polar surface area (TPSA) is 69.9 Å². The number of nitrogens with one attached hydrogen (secondary N) is 1. The zero-order valence-electron chi connectivity index (χ0n) is 33.2. The van der Waals surface area contributed by atoms with Gasteiger partial charge in [-0.1, -0.05) is 121 Å². The second-order valence-corrected chi connectivity index (χ2v) is 16.1. The summed E-state index contributed by atoms with van der Waals surface area (Å²) in [5.41, 5.74) is 12.0. The van der Waals surface area contributed by atoms with E-state index in [1.807, 2.05) is 6.20 Å². The number of aromatic nitrogens is 6. The average Bonchev–Trinajstić information content (AvgIpc) is 4.06. The number of nitrogens with zero attached hydrogens (tertiary/aromatic N) is 7. The van der Waals surface area contributed by atoms with E-state index in [-0.39, 0.29) is 0 Å².